The lowest BCUT2D eigenvalue weighted by atomic mass is 9.94. The molecule has 1 N–H and O–H groups in total. The quantitative estimate of drug-likeness (QED) is 0.726. The lowest BCUT2D eigenvalue weighted by molar-refractivity contribution is 0.237. The average Bonchev–Trinajstić information content (AvgIpc) is 2.77. The van der Waals surface area contributed by atoms with Gasteiger partial charge in [-0.25, -0.2) is 0 Å². The Morgan fingerprint density at radius 2 is 1.86 bits per heavy atom. The molecule has 0 spiro atoms. The van der Waals surface area contributed by atoms with E-state index in [1.54, 1.807) is 0 Å². The van der Waals surface area contributed by atoms with Gasteiger partial charge in [-0.1, -0.05) is 29.3 Å². The van der Waals surface area contributed by atoms with E-state index in [9.17, 15) is 0 Å². The van der Waals surface area contributed by atoms with Crippen LogP contribution in [0.5, 0.6) is 0 Å². The first-order chi connectivity index (χ1) is 6.56. The average molecular weight is 192 g/mol. The number of hydrogen-bond acceptors (Lipinski definition) is 2. The highest BCUT2D eigenvalue weighted by Gasteiger charge is 2.53. The Labute approximate surface area is 84.5 Å². The molecule has 1 aromatic carbocycles. The van der Waals surface area contributed by atoms with Crippen LogP contribution in [0.1, 0.15) is 23.6 Å². The second-order valence-electron chi connectivity index (χ2n) is 4.27. The van der Waals surface area contributed by atoms with Crippen LogP contribution in [-0.2, 0) is 10.3 Å². The molecule has 76 valence electrons. The van der Waals surface area contributed by atoms with Crippen molar-refractivity contribution in [2.45, 2.75) is 32.5 Å². The van der Waals surface area contributed by atoms with Gasteiger partial charge in [-0.05, 0) is 26.3 Å². The van der Waals surface area contributed by atoms with Crippen LogP contribution in [0, 0.1) is 13.8 Å². The molecule has 2 unspecified atom stereocenters. The Kier molecular flexibility index (Phi) is 2.13. The fourth-order valence-corrected chi connectivity index (χ4v) is 1.99. The fraction of sp³-hybridized carbons (Fsp3) is 0.500. The van der Waals surface area contributed by atoms with E-state index in [-0.39, 0.29) is 18.3 Å². The number of epoxide rings is 1. The molecule has 1 aromatic rings. The summed E-state index contributed by atoms with van der Waals surface area (Å²) in [7, 11) is 0. The fourth-order valence-electron chi connectivity index (χ4n) is 1.99. The molecule has 0 amide bonds. The zero-order chi connectivity index (χ0) is 10.3. The summed E-state index contributed by atoms with van der Waals surface area (Å²) in [5.41, 5.74) is 3.40. The molecule has 1 aliphatic heterocycles. The summed E-state index contributed by atoms with van der Waals surface area (Å²) in [6.45, 7) is 6.29. The zero-order valence-electron chi connectivity index (χ0n) is 8.87. The number of aryl methyl sites for hydroxylation is 2. The molecule has 1 fully saturated rings. The molecule has 1 saturated heterocycles. The SMILES string of the molecule is Cc1cc(C)cc(C2(C)OC2CO)c1. The predicted octanol–water partition coefficient (Wildman–Crippen LogP) is 1.91. The third kappa shape index (κ3) is 1.45. The molecular formula is C12H16O2. The first-order valence-electron chi connectivity index (χ1n) is 4.94. The summed E-state index contributed by atoms with van der Waals surface area (Å²) >= 11 is 0. The van der Waals surface area contributed by atoms with Crippen LogP contribution in [0.3, 0.4) is 0 Å². The van der Waals surface area contributed by atoms with Gasteiger partial charge in [-0.2, -0.15) is 0 Å². The van der Waals surface area contributed by atoms with E-state index in [2.05, 4.69) is 32.0 Å². The second-order valence-corrected chi connectivity index (χ2v) is 4.27. The summed E-state index contributed by atoms with van der Waals surface area (Å²) in [5, 5.41) is 9.02. The minimum atomic E-state index is -0.258. The Morgan fingerprint density at radius 3 is 2.29 bits per heavy atom. The smallest absolute Gasteiger partial charge is 0.119 e. The summed E-state index contributed by atoms with van der Waals surface area (Å²) in [4.78, 5) is 0. The minimum absolute atomic E-state index is 0.0244. The first-order valence-corrected chi connectivity index (χ1v) is 4.94. The third-order valence-corrected chi connectivity index (χ3v) is 2.90. The lowest BCUT2D eigenvalue weighted by Gasteiger charge is -2.09. The highest BCUT2D eigenvalue weighted by atomic mass is 16.6. The molecule has 0 saturated carbocycles. The van der Waals surface area contributed by atoms with E-state index in [4.69, 9.17) is 9.84 Å². The number of aliphatic hydroxyl groups is 1. The minimum Gasteiger partial charge on any atom is -0.394 e. The van der Waals surface area contributed by atoms with Crippen LogP contribution in [0.2, 0.25) is 0 Å². The van der Waals surface area contributed by atoms with Gasteiger partial charge in [0.1, 0.15) is 11.7 Å². The van der Waals surface area contributed by atoms with Gasteiger partial charge in [0.2, 0.25) is 0 Å². The Bertz CT molecular complexity index is 339. The number of ether oxygens (including phenoxy) is 1. The van der Waals surface area contributed by atoms with Gasteiger partial charge < -0.3 is 9.84 Å². The standard InChI is InChI=1S/C12H16O2/c1-8-4-9(2)6-10(5-8)12(3)11(7-13)14-12/h4-6,11,13H,7H2,1-3H3. The third-order valence-electron chi connectivity index (χ3n) is 2.90. The molecule has 1 aliphatic rings. The molecule has 2 nitrogen and oxygen atoms in total. The van der Waals surface area contributed by atoms with Crippen molar-refractivity contribution >= 4 is 0 Å². The molecule has 0 aliphatic carbocycles. The predicted molar refractivity (Wildman–Crippen MR) is 55.2 cm³/mol. The topological polar surface area (TPSA) is 32.8 Å². The van der Waals surface area contributed by atoms with Gasteiger partial charge in [0.25, 0.3) is 0 Å². The van der Waals surface area contributed by atoms with E-state index in [1.165, 1.54) is 16.7 Å². The molecule has 0 aromatic heterocycles. The highest BCUT2D eigenvalue weighted by Crippen LogP contribution is 2.45. The van der Waals surface area contributed by atoms with E-state index in [1.807, 2.05) is 6.92 Å². The van der Waals surface area contributed by atoms with Crippen LogP contribution < -0.4 is 0 Å². The van der Waals surface area contributed by atoms with Crippen LogP contribution in [0.15, 0.2) is 18.2 Å². The van der Waals surface area contributed by atoms with Gasteiger partial charge in [0.15, 0.2) is 0 Å². The van der Waals surface area contributed by atoms with E-state index >= 15 is 0 Å². The summed E-state index contributed by atoms with van der Waals surface area (Å²) in [6, 6.07) is 6.40. The summed E-state index contributed by atoms with van der Waals surface area (Å²) in [5.74, 6) is 0. The van der Waals surface area contributed by atoms with E-state index in [0.29, 0.717) is 0 Å². The first kappa shape index (κ1) is 9.69. The maximum atomic E-state index is 9.02. The molecular weight excluding hydrogens is 176 g/mol. The van der Waals surface area contributed by atoms with Crippen LogP contribution in [-0.4, -0.2) is 17.8 Å². The highest BCUT2D eigenvalue weighted by molar-refractivity contribution is 5.35. The molecule has 14 heavy (non-hydrogen) atoms. The molecule has 0 radical (unpaired) electrons. The maximum absolute atomic E-state index is 9.02. The lowest BCUT2D eigenvalue weighted by Crippen LogP contribution is -2.10. The van der Waals surface area contributed by atoms with E-state index in [0.717, 1.165) is 0 Å². The molecule has 2 atom stereocenters. The van der Waals surface area contributed by atoms with Crippen molar-refractivity contribution in [3.8, 4) is 0 Å². The van der Waals surface area contributed by atoms with Crippen molar-refractivity contribution in [2.75, 3.05) is 6.61 Å². The van der Waals surface area contributed by atoms with Crippen LogP contribution in [0.4, 0.5) is 0 Å². The number of hydrogen-bond donors (Lipinski definition) is 1. The largest absolute Gasteiger partial charge is 0.394 e. The summed E-state index contributed by atoms with van der Waals surface area (Å²) in [6.07, 6.45) is -0.0244. The molecule has 2 heteroatoms. The van der Waals surface area contributed by atoms with Crippen LogP contribution >= 0.6 is 0 Å². The van der Waals surface area contributed by atoms with Crippen molar-refractivity contribution in [2.24, 2.45) is 0 Å². The van der Waals surface area contributed by atoms with Crippen molar-refractivity contribution < 1.29 is 9.84 Å². The Morgan fingerprint density at radius 1 is 1.29 bits per heavy atom. The number of rotatable bonds is 2. The van der Waals surface area contributed by atoms with Crippen LogP contribution in [0.25, 0.3) is 0 Å². The van der Waals surface area contributed by atoms with Crippen molar-refractivity contribution in [3.05, 3.63) is 34.9 Å². The Hall–Kier alpha value is -0.860. The summed E-state index contributed by atoms with van der Waals surface area (Å²) < 4.78 is 5.50. The second kappa shape index (κ2) is 3.07. The van der Waals surface area contributed by atoms with Gasteiger partial charge in [-0.15, -0.1) is 0 Å². The van der Waals surface area contributed by atoms with Crippen molar-refractivity contribution in [1.29, 1.82) is 0 Å². The Balaban J connectivity index is 2.34. The van der Waals surface area contributed by atoms with Gasteiger partial charge >= 0.3 is 0 Å². The number of aliphatic hydroxyl groups excluding tert-OH is 1. The van der Waals surface area contributed by atoms with E-state index < -0.39 is 0 Å². The molecule has 1 heterocycles. The normalized spacial score (nSPS) is 30.4. The van der Waals surface area contributed by atoms with Gasteiger partial charge in [0.05, 0.1) is 6.61 Å². The van der Waals surface area contributed by atoms with Gasteiger partial charge in [0, 0.05) is 0 Å². The van der Waals surface area contributed by atoms with Gasteiger partial charge in [-0.3, -0.25) is 0 Å². The monoisotopic (exact) mass is 192 g/mol. The molecule has 2 rings (SSSR count). The number of benzene rings is 1. The maximum Gasteiger partial charge on any atom is 0.119 e. The zero-order valence-corrected chi connectivity index (χ0v) is 8.87. The molecule has 0 bridgehead atoms. The van der Waals surface area contributed by atoms with Crippen molar-refractivity contribution in [1.82, 2.24) is 0 Å². The van der Waals surface area contributed by atoms with Crippen molar-refractivity contribution in [3.63, 3.8) is 0 Å².